The van der Waals surface area contributed by atoms with E-state index in [2.05, 4.69) is 21.0 Å². The molecule has 1 N–H and O–H groups in total. The second kappa shape index (κ2) is 7.06. The number of benzene rings is 1. The first kappa shape index (κ1) is 18.0. The van der Waals surface area contributed by atoms with E-state index in [1.165, 1.54) is 12.1 Å². The summed E-state index contributed by atoms with van der Waals surface area (Å²) < 4.78 is 52.2. The van der Waals surface area contributed by atoms with Gasteiger partial charge in [0.2, 0.25) is 0 Å². The van der Waals surface area contributed by atoms with Gasteiger partial charge in [-0.1, -0.05) is 15.9 Å². The summed E-state index contributed by atoms with van der Waals surface area (Å²) in [4.78, 5) is 11.5. The van der Waals surface area contributed by atoms with Crippen LogP contribution in [-0.2, 0) is 21.4 Å². The molecule has 1 aromatic heterocycles. The highest BCUT2D eigenvalue weighted by Gasteiger charge is 2.20. The summed E-state index contributed by atoms with van der Waals surface area (Å²) in [6.07, 6.45) is -1.65. The van der Waals surface area contributed by atoms with Crippen LogP contribution in [0.25, 0.3) is 0 Å². The van der Waals surface area contributed by atoms with E-state index in [0.717, 1.165) is 23.0 Å². The van der Waals surface area contributed by atoms with Gasteiger partial charge in [0.05, 0.1) is 16.5 Å². The van der Waals surface area contributed by atoms with E-state index in [9.17, 15) is 22.0 Å². The molecule has 0 atom stereocenters. The molecular weight excluding hydrogens is 410 g/mol. The first-order chi connectivity index (χ1) is 11.2. The normalized spacial score (nSPS) is 11.3. The van der Waals surface area contributed by atoms with Gasteiger partial charge in [-0.15, -0.1) is 0 Å². The molecule has 0 aliphatic carbocycles. The van der Waals surface area contributed by atoms with Gasteiger partial charge in [-0.3, -0.25) is 9.48 Å². The number of nitrogens with one attached hydrogen (secondary N) is 1. The van der Waals surface area contributed by atoms with Crippen LogP contribution >= 0.6 is 15.9 Å². The molecule has 0 radical (unpaired) electrons. The third-order valence-corrected chi connectivity index (χ3v) is 4.56. The van der Waals surface area contributed by atoms with Gasteiger partial charge in [0.25, 0.3) is 22.4 Å². The molecule has 0 saturated heterocycles. The van der Waals surface area contributed by atoms with Crippen molar-refractivity contribution in [1.82, 2.24) is 14.5 Å². The molecule has 2 aromatic rings. The number of halogens is 3. The van der Waals surface area contributed by atoms with E-state index in [1.807, 2.05) is 0 Å². The zero-order valence-corrected chi connectivity index (χ0v) is 14.2. The SMILES string of the molecule is N#Cc1cc(Br)cc(S(=O)(=O)NC(=O)Cn2ccc(C(F)F)n2)c1. The van der Waals surface area contributed by atoms with Crippen molar-refractivity contribution in [1.29, 1.82) is 5.26 Å². The zero-order chi connectivity index (χ0) is 17.9. The number of carbonyl (C=O) groups is 1. The average Bonchev–Trinajstić information content (AvgIpc) is 2.94. The van der Waals surface area contributed by atoms with Crippen molar-refractivity contribution in [3.05, 3.63) is 46.2 Å². The molecule has 126 valence electrons. The summed E-state index contributed by atoms with van der Waals surface area (Å²) >= 11 is 3.07. The van der Waals surface area contributed by atoms with Crippen LogP contribution in [0.2, 0.25) is 0 Å². The molecule has 24 heavy (non-hydrogen) atoms. The predicted molar refractivity (Wildman–Crippen MR) is 81.4 cm³/mol. The highest BCUT2D eigenvalue weighted by Crippen LogP contribution is 2.19. The number of carbonyl (C=O) groups excluding carboxylic acids is 1. The van der Waals surface area contributed by atoms with Crippen LogP contribution in [0.4, 0.5) is 8.78 Å². The Morgan fingerprint density at radius 2 is 2.12 bits per heavy atom. The highest BCUT2D eigenvalue weighted by atomic mass is 79.9. The number of rotatable bonds is 5. The molecule has 1 amide bonds. The van der Waals surface area contributed by atoms with Crippen molar-refractivity contribution in [2.75, 3.05) is 0 Å². The maximum absolute atomic E-state index is 12.4. The molecule has 1 aromatic carbocycles. The molecule has 11 heteroatoms. The Bertz CT molecular complexity index is 922. The molecule has 1 heterocycles. The van der Waals surface area contributed by atoms with Crippen molar-refractivity contribution in [2.45, 2.75) is 17.9 Å². The Balaban J connectivity index is 2.15. The fraction of sp³-hybridized carbons (Fsp3) is 0.154. The van der Waals surface area contributed by atoms with Crippen molar-refractivity contribution in [3.8, 4) is 6.07 Å². The van der Waals surface area contributed by atoms with Crippen LogP contribution in [0.3, 0.4) is 0 Å². The van der Waals surface area contributed by atoms with Gasteiger partial charge in [0.1, 0.15) is 12.2 Å². The Morgan fingerprint density at radius 3 is 2.71 bits per heavy atom. The van der Waals surface area contributed by atoms with E-state index in [0.29, 0.717) is 4.47 Å². The first-order valence-corrected chi connectivity index (χ1v) is 8.57. The number of nitriles is 1. The van der Waals surface area contributed by atoms with Gasteiger partial charge >= 0.3 is 0 Å². The first-order valence-electron chi connectivity index (χ1n) is 6.29. The van der Waals surface area contributed by atoms with Crippen molar-refractivity contribution in [2.24, 2.45) is 0 Å². The molecular formula is C13H9BrF2N4O3S. The second-order valence-corrected chi connectivity index (χ2v) is 7.15. The topological polar surface area (TPSA) is 105 Å². The average molecular weight is 419 g/mol. The lowest BCUT2D eigenvalue weighted by atomic mass is 10.2. The van der Waals surface area contributed by atoms with Crippen molar-refractivity contribution in [3.63, 3.8) is 0 Å². The van der Waals surface area contributed by atoms with Gasteiger partial charge in [0.15, 0.2) is 0 Å². The minimum atomic E-state index is -4.21. The van der Waals surface area contributed by atoms with Crippen molar-refractivity contribution < 1.29 is 22.0 Å². The van der Waals surface area contributed by atoms with Crippen molar-refractivity contribution >= 4 is 31.9 Å². The Hall–Kier alpha value is -2.32. The maximum Gasteiger partial charge on any atom is 0.282 e. The summed E-state index contributed by atoms with van der Waals surface area (Å²) in [7, 11) is -4.21. The molecule has 0 aliphatic heterocycles. The quantitative estimate of drug-likeness (QED) is 0.798. The van der Waals surface area contributed by atoms with Crippen LogP contribution in [-0.4, -0.2) is 24.1 Å². The molecule has 0 saturated carbocycles. The predicted octanol–water partition coefficient (Wildman–Crippen LogP) is 1.96. The van der Waals surface area contributed by atoms with Gasteiger partial charge in [-0.2, -0.15) is 10.4 Å². The number of hydrogen-bond donors (Lipinski definition) is 1. The monoisotopic (exact) mass is 418 g/mol. The van der Waals surface area contributed by atoms with Crippen LogP contribution in [0.5, 0.6) is 0 Å². The summed E-state index contributed by atoms with van der Waals surface area (Å²) in [5.41, 5.74) is -0.429. The third kappa shape index (κ3) is 4.36. The van der Waals surface area contributed by atoms with Crippen LogP contribution in [0, 0.1) is 11.3 Å². The second-order valence-electron chi connectivity index (χ2n) is 4.55. The van der Waals surface area contributed by atoms with Crippen LogP contribution in [0.15, 0.2) is 39.8 Å². The summed E-state index contributed by atoms with van der Waals surface area (Å²) in [6, 6.07) is 6.56. The number of sulfonamides is 1. The van der Waals surface area contributed by atoms with Crippen LogP contribution in [0.1, 0.15) is 17.7 Å². The molecule has 0 bridgehead atoms. The Kier molecular flexibility index (Phi) is 5.30. The molecule has 0 aliphatic rings. The van der Waals surface area contributed by atoms with Crippen LogP contribution < -0.4 is 4.72 Å². The lowest BCUT2D eigenvalue weighted by molar-refractivity contribution is -0.120. The maximum atomic E-state index is 12.4. The molecule has 0 fully saturated rings. The third-order valence-electron chi connectivity index (χ3n) is 2.75. The highest BCUT2D eigenvalue weighted by molar-refractivity contribution is 9.10. The van der Waals surface area contributed by atoms with E-state index >= 15 is 0 Å². The van der Waals surface area contributed by atoms with Gasteiger partial charge in [-0.05, 0) is 24.3 Å². The largest absolute Gasteiger partial charge is 0.282 e. The standard InChI is InChI=1S/C13H9BrF2N4O3S/c14-9-3-8(6-17)4-10(5-9)24(22,23)19-12(21)7-20-2-1-11(18-20)13(15)16/h1-5,13H,7H2,(H,19,21). The Morgan fingerprint density at radius 1 is 1.42 bits per heavy atom. The summed E-state index contributed by atoms with van der Waals surface area (Å²) in [6.45, 7) is -0.551. The minimum absolute atomic E-state index is 0.0888. The minimum Gasteiger partial charge on any atom is -0.272 e. The Labute approximate surface area is 144 Å². The van der Waals surface area contributed by atoms with E-state index < -0.39 is 34.6 Å². The smallest absolute Gasteiger partial charge is 0.272 e. The number of nitrogens with zero attached hydrogens (tertiary/aromatic N) is 3. The van der Waals surface area contributed by atoms with E-state index in [1.54, 1.807) is 10.8 Å². The summed E-state index contributed by atoms with van der Waals surface area (Å²) in [5.74, 6) is -0.961. The lowest BCUT2D eigenvalue weighted by Gasteiger charge is -2.08. The molecule has 2 rings (SSSR count). The molecule has 0 unspecified atom stereocenters. The number of alkyl halides is 2. The van der Waals surface area contributed by atoms with Gasteiger partial charge < -0.3 is 0 Å². The van der Waals surface area contributed by atoms with E-state index in [-0.39, 0.29) is 10.5 Å². The zero-order valence-electron chi connectivity index (χ0n) is 11.8. The van der Waals surface area contributed by atoms with E-state index in [4.69, 9.17) is 5.26 Å². The lowest BCUT2D eigenvalue weighted by Crippen LogP contribution is -2.33. The number of amides is 1. The fourth-order valence-corrected chi connectivity index (χ4v) is 3.44. The van der Waals surface area contributed by atoms with Gasteiger partial charge in [-0.25, -0.2) is 21.9 Å². The fourth-order valence-electron chi connectivity index (χ4n) is 1.75. The number of hydrogen-bond acceptors (Lipinski definition) is 5. The number of aromatic nitrogens is 2. The van der Waals surface area contributed by atoms with Gasteiger partial charge in [0, 0.05) is 10.7 Å². The molecule has 0 spiro atoms. The summed E-state index contributed by atoms with van der Waals surface area (Å²) in [5, 5.41) is 12.3. The molecule has 7 nitrogen and oxygen atoms in total.